The van der Waals surface area contributed by atoms with Crippen LogP contribution in [0.3, 0.4) is 0 Å². The van der Waals surface area contributed by atoms with E-state index in [4.69, 9.17) is 0 Å². The SMILES string of the molecule is CC(=O)N1N=C(c2cc(F)ccc2F)CC1(CCCN1CC2CC1CN2)c1ccccc1. The number of halogens is 2. The van der Waals surface area contributed by atoms with Gasteiger partial charge in [0.2, 0.25) is 5.91 Å². The molecule has 5 nitrogen and oxygen atoms in total. The first-order valence-corrected chi connectivity index (χ1v) is 11.3. The van der Waals surface area contributed by atoms with Crippen molar-refractivity contribution in [2.24, 2.45) is 5.10 Å². The van der Waals surface area contributed by atoms with Gasteiger partial charge in [-0.15, -0.1) is 0 Å². The van der Waals surface area contributed by atoms with E-state index in [1.54, 1.807) is 0 Å². The monoisotopic (exact) mass is 438 g/mol. The van der Waals surface area contributed by atoms with Crippen molar-refractivity contribution in [2.75, 3.05) is 19.6 Å². The Morgan fingerprint density at radius 3 is 2.72 bits per heavy atom. The number of hydrogen-bond acceptors (Lipinski definition) is 4. The molecule has 0 saturated carbocycles. The molecule has 1 N–H and O–H groups in total. The third kappa shape index (κ3) is 3.73. The lowest BCUT2D eigenvalue weighted by Gasteiger charge is -2.37. The molecule has 7 heteroatoms. The van der Waals surface area contributed by atoms with Crippen molar-refractivity contribution in [2.45, 2.75) is 50.2 Å². The highest BCUT2D eigenvalue weighted by Gasteiger charge is 2.47. The van der Waals surface area contributed by atoms with Crippen LogP contribution in [0.4, 0.5) is 8.78 Å². The number of hydrazone groups is 1. The Hall–Kier alpha value is -2.64. The van der Waals surface area contributed by atoms with E-state index in [9.17, 15) is 13.6 Å². The molecule has 1 amide bonds. The van der Waals surface area contributed by atoms with Gasteiger partial charge in [0.1, 0.15) is 11.6 Å². The van der Waals surface area contributed by atoms with Gasteiger partial charge in [-0.25, -0.2) is 13.8 Å². The molecule has 2 saturated heterocycles. The van der Waals surface area contributed by atoms with Crippen molar-refractivity contribution in [1.29, 1.82) is 0 Å². The van der Waals surface area contributed by atoms with E-state index in [1.165, 1.54) is 24.4 Å². The number of amides is 1. The predicted molar refractivity (Wildman–Crippen MR) is 119 cm³/mol. The first-order valence-electron chi connectivity index (χ1n) is 11.3. The fraction of sp³-hybridized carbons (Fsp3) is 0.440. The second kappa shape index (κ2) is 8.37. The summed E-state index contributed by atoms with van der Waals surface area (Å²) in [5.41, 5.74) is 0.788. The molecule has 3 unspecified atom stereocenters. The summed E-state index contributed by atoms with van der Waals surface area (Å²) >= 11 is 0. The molecule has 0 spiro atoms. The number of fused-ring (bicyclic) bond motifs is 2. The summed E-state index contributed by atoms with van der Waals surface area (Å²) in [5, 5.41) is 9.58. The zero-order valence-corrected chi connectivity index (χ0v) is 18.2. The smallest absolute Gasteiger partial charge is 0.240 e. The predicted octanol–water partition coefficient (Wildman–Crippen LogP) is 3.64. The molecule has 2 fully saturated rings. The van der Waals surface area contributed by atoms with Crippen LogP contribution in [0.25, 0.3) is 0 Å². The Bertz CT molecular complexity index is 1040. The number of hydrogen-bond donors (Lipinski definition) is 1. The molecule has 32 heavy (non-hydrogen) atoms. The van der Waals surface area contributed by atoms with Gasteiger partial charge in [-0.1, -0.05) is 30.3 Å². The van der Waals surface area contributed by atoms with Crippen molar-refractivity contribution in [3.8, 4) is 0 Å². The number of rotatable bonds is 6. The summed E-state index contributed by atoms with van der Waals surface area (Å²) in [7, 11) is 0. The lowest BCUT2D eigenvalue weighted by Crippen LogP contribution is -2.45. The first-order chi connectivity index (χ1) is 15.5. The molecule has 3 aliphatic heterocycles. The molecule has 3 heterocycles. The van der Waals surface area contributed by atoms with Crippen molar-refractivity contribution in [3.05, 3.63) is 71.3 Å². The van der Waals surface area contributed by atoms with E-state index in [2.05, 4.69) is 15.3 Å². The molecule has 0 aliphatic carbocycles. The van der Waals surface area contributed by atoms with E-state index in [1.807, 2.05) is 30.3 Å². The van der Waals surface area contributed by atoms with Gasteiger partial charge in [-0.2, -0.15) is 5.10 Å². The van der Waals surface area contributed by atoms with Crippen LogP contribution in [0.1, 0.15) is 43.7 Å². The molecule has 0 radical (unpaired) electrons. The Morgan fingerprint density at radius 1 is 1.22 bits per heavy atom. The fourth-order valence-corrected chi connectivity index (χ4v) is 5.65. The van der Waals surface area contributed by atoms with Gasteiger partial charge in [0, 0.05) is 44.1 Å². The van der Waals surface area contributed by atoms with Crippen molar-refractivity contribution >= 4 is 11.6 Å². The topological polar surface area (TPSA) is 47.9 Å². The summed E-state index contributed by atoms with van der Waals surface area (Å²) in [6, 6.07) is 14.4. The minimum atomic E-state index is -0.710. The van der Waals surface area contributed by atoms with E-state index in [0.29, 0.717) is 30.6 Å². The van der Waals surface area contributed by atoms with Crippen LogP contribution in [0, 0.1) is 11.6 Å². The normalized spacial score (nSPS) is 27.2. The van der Waals surface area contributed by atoms with Crippen molar-refractivity contribution in [3.63, 3.8) is 0 Å². The first kappa shape index (κ1) is 21.2. The Balaban J connectivity index is 1.45. The molecule has 2 aromatic rings. The Morgan fingerprint density at radius 2 is 2.03 bits per heavy atom. The number of piperazine rings is 1. The number of carbonyl (C=O) groups excluding carboxylic acids is 1. The van der Waals surface area contributed by atoms with Gasteiger partial charge in [0.05, 0.1) is 11.3 Å². The summed E-state index contributed by atoms with van der Waals surface area (Å²) in [5.74, 6) is -1.25. The molecular formula is C25H28F2N4O. The Kier molecular flexibility index (Phi) is 5.55. The summed E-state index contributed by atoms with van der Waals surface area (Å²) in [6.07, 6.45) is 3.14. The van der Waals surface area contributed by atoms with Gasteiger partial charge in [0.25, 0.3) is 0 Å². The molecule has 168 valence electrons. The van der Waals surface area contributed by atoms with E-state index in [-0.39, 0.29) is 11.5 Å². The zero-order valence-electron chi connectivity index (χ0n) is 18.2. The van der Waals surface area contributed by atoms with Crippen molar-refractivity contribution in [1.82, 2.24) is 15.2 Å². The highest BCUT2D eigenvalue weighted by atomic mass is 19.1. The van der Waals surface area contributed by atoms with Gasteiger partial charge in [-0.05, 0) is 49.6 Å². The van der Waals surface area contributed by atoms with Crippen LogP contribution in [-0.2, 0) is 10.3 Å². The molecule has 2 bridgehead atoms. The van der Waals surface area contributed by atoms with E-state index in [0.717, 1.165) is 43.8 Å². The minimum Gasteiger partial charge on any atom is -0.311 e. The molecular weight excluding hydrogens is 410 g/mol. The van der Waals surface area contributed by atoms with Gasteiger partial charge in [0.15, 0.2) is 0 Å². The minimum absolute atomic E-state index is 0.122. The third-order valence-corrected chi connectivity index (χ3v) is 7.14. The maximum absolute atomic E-state index is 14.6. The maximum atomic E-state index is 14.6. The average Bonchev–Trinajstić information content (AvgIpc) is 3.51. The van der Waals surface area contributed by atoms with Gasteiger partial charge >= 0.3 is 0 Å². The van der Waals surface area contributed by atoms with Crippen LogP contribution >= 0.6 is 0 Å². The molecule has 5 rings (SSSR count). The van der Waals surface area contributed by atoms with E-state index < -0.39 is 17.2 Å². The van der Waals surface area contributed by atoms with Crippen molar-refractivity contribution < 1.29 is 13.6 Å². The number of likely N-dealkylation sites (tertiary alicyclic amines) is 1. The summed E-state index contributed by atoms with van der Waals surface area (Å²) in [4.78, 5) is 15.2. The van der Waals surface area contributed by atoms with Crippen LogP contribution in [-0.4, -0.2) is 53.2 Å². The third-order valence-electron chi connectivity index (χ3n) is 7.14. The van der Waals surface area contributed by atoms with Gasteiger partial charge < -0.3 is 5.32 Å². The highest BCUT2D eigenvalue weighted by molar-refractivity contribution is 6.03. The average molecular weight is 439 g/mol. The second-order valence-corrected chi connectivity index (χ2v) is 9.17. The zero-order chi connectivity index (χ0) is 22.3. The van der Waals surface area contributed by atoms with Crippen LogP contribution < -0.4 is 5.32 Å². The van der Waals surface area contributed by atoms with Crippen LogP contribution in [0.5, 0.6) is 0 Å². The number of nitrogens with zero attached hydrogens (tertiary/aromatic N) is 3. The maximum Gasteiger partial charge on any atom is 0.240 e. The second-order valence-electron chi connectivity index (χ2n) is 9.17. The fourth-order valence-electron chi connectivity index (χ4n) is 5.65. The standard InChI is InChI=1S/C25H28F2N4O/c1-17(32)31-25(18-6-3-2-4-7-18,10-5-11-30-16-20-13-21(30)15-28-20)14-24(29-31)22-12-19(26)8-9-23(22)27/h2-4,6-9,12,20-21,28H,5,10-11,13-16H2,1H3. The largest absolute Gasteiger partial charge is 0.311 e. The van der Waals surface area contributed by atoms with Crippen LogP contribution in [0.2, 0.25) is 0 Å². The van der Waals surface area contributed by atoms with Gasteiger partial charge in [-0.3, -0.25) is 9.69 Å². The lowest BCUT2D eigenvalue weighted by molar-refractivity contribution is -0.135. The van der Waals surface area contributed by atoms with E-state index >= 15 is 0 Å². The van der Waals surface area contributed by atoms with Crippen LogP contribution in [0.15, 0.2) is 53.6 Å². The number of nitrogens with one attached hydrogen (secondary N) is 1. The number of benzene rings is 2. The molecule has 3 aliphatic rings. The summed E-state index contributed by atoms with van der Waals surface area (Å²) < 4.78 is 28.5. The molecule has 0 aromatic heterocycles. The Labute approximate surface area is 187 Å². The molecule has 2 aromatic carbocycles. The summed E-state index contributed by atoms with van der Waals surface area (Å²) in [6.45, 7) is 4.54. The number of carbonyl (C=O) groups is 1. The molecule has 3 atom stereocenters. The lowest BCUT2D eigenvalue weighted by atomic mass is 9.80. The quantitative estimate of drug-likeness (QED) is 0.749. The highest BCUT2D eigenvalue weighted by Crippen LogP contribution is 2.43.